The number of ether oxygens (including phenoxy) is 26. The summed E-state index contributed by atoms with van der Waals surface area (Å²) in [5, 5.41) is 10.6. The molecule has 0 spiro atoms. The molecule has 27 heteroatoms. The van der Waals surface area contributed by atoms with Crippen LogP contribution in [0.15, 0.2) is 152 Å². The van der Waals surface area contributed by atoms with Gasteiger partial charge in [0.05, 0.1) is 244 Å². The molecule has 4 aliphatic rings. The van der Waals surface area contributed by atoms with Crippen LogP contribution in [-0.2, 0) is 167 Å². The highest BCUT2D eigenvalue weighted by Crippen LogP contribution is 2.31. The van der Waals surface area contributed by atoms with Crippen molar-refractivity contribution < 1.29 is 128 Å². The SMILES string of the molecule is OCc1cc(OCc2cc(OCc3ccc(COCC4COCCOCCOCCO4)cc3)cc(OCc3ccc(COCC4COCCOCCOCCO4)cc3)c2)cc(OCc2cc(OCc3ccc(COCC4COCCOCCOCCO4)cc3)cc(OCc3ccc(COCC4COCCOCCOCCO4)cc3)c2)c1. The first kappa shape index (κ1) is 89.3. The smallest absolute Gasteiger partial charge is 0.123 e. The van der Waals surface area contributed by atoms with Crippen molar-refractivity contribution in [2.75, 3.05) is 211 Å². The molecule has 4 atom stereocenters. The first-order valence-corrected chi connectivity index (χ1v) is 40.2. The average molecular weight is 1620 g/mol. The van der Waals surface area contributed by atoms with Gasteiger partial charge in [-0.25, -0.2) is 0 Å². The summed E-state index contributed by atoms with van der Waals surface area (Å²) in [5.41, 5.74) is 9.99. The second-order valence-corrected chi connectivity index (χ2v) is 27.8. The maximum atomic E-state index is 10.6. The lowest BCUT2D eigenvalue weighted by atomic mass is 10.1. The highest BCUT2D eigenvalue weighted by Gasteiger charge is 2.19. The predicted molar refractivity (Wildman–Crippen MR) is 424 cm³/mol. The lowest BCUT2D eigenvalue weighted by Crippen LogP contribution is -2.29. The van der Waals surface area contributed by atoms with Gasteiger partial charge in [-0.15, -0.1) is 0 Å². The molecule has 0 aromatic heterocycles. The molecule has 0 aliphatic carbocycles. The van der Waals surface area contributed by atoms with Crippen molar-refractivity contribution in [2.24, 2.45) is 0 Å². The van der Waals surface area contributed by atoms with Gasteiger partial charge in [0.2, 0.25) is 0 Å². The minimum atomic E-state index is -0.260. The Labute approximate surface area is 681 Å². The van der Waals surface area contributed by atoms with Crippen LogP contribution in [0.4, 0.5) is 0 Å². The zero-order chi connectivity index (χ0) is 79.6. The number of aliphatic hydroxyl groups is 1. The van der Waals surface area contributed by atoms with Crippen molar-refractivity contribution in [1.82, 2.24) is 0 Å². The number of hydrogen-bond donors (Lipinski definition) is 1. The molecule has 27 nitrogen and oxygen atoms in total. The third kappa shape index (κ3) is 36.4. The summed E-state index contributed by atoms with van der Waals surface area (Å²) >= 11 is 0. The van der Waals surface area contributed by atoms with E-state index in [1.807, 2.05) is 133 Å². The topological polar surface area (TPSA) is 260 Å². The average Bonchev–Trinajstić information content (AvgIpc) is 0.848. The standard InChI is InChI=1S/C89H116O27/c90-50-77-41-80(115-59-78-43-82(111-55-73-9-1-69(2-10-73)51-103-65-86-61-99-29-25-91-17-21-95-33-37-107-86)48-83(44-78)112-56-74-11-3-70(4-12-74)52-104-66-87-62-100-30-26-92-18-22-96-34-38-108-87)47-81(42-77)116-60-79-45-84(113-57-75-13-5-71(6-14-75)53-105-67-88-63-101-31-27-93-19-23-97-35-39-109-88)49-85(46-79)114-58-76-15-7-72(8-16-76)54-106-68-89-64-102-32-28-94-20-24-98-36-40-110-89/h1-16,41-49,86-90H,17-40,50-68H2. The number of hydrogen-bond acceptors (Lipinski definition) is 27. The molecule has 7 aromatic carbocycles. The Hall–Kier alpha value is -7.50. The molecule has 634 valence electrons. The summed E-state index contributed by atoms with van der Waals surface area (Å²) in [4.78, 5) is 0. The van der Waals surface area contributed by atoms with E-state index < -0.39 is 0 Å². The third-order valence-electron chi connectivity index (χ3n) is 18.3. The van der Waals surface area contributed by atoms with E-state index in [2.05, 4.69) is 0 Å². The van der Waals surface area contributed by atoms with Gasteiger partial charge in [0.15, 0.2) is 0 Å². The minimum Gasteiger partial charge on any atom is -0.489 e. The predicted octanol–water partition coefficient (Wildman–Crippen LogP) is 10.5. The summed E-state index contributed by atoms with van der Waals surface area (Å²) < 4.78 is 155. The van der Waals surface area contributed by atoms with E-state index >= 15 is 0 Å². The first-order chi connectivity index (χ1) is 57.4. The van der Waals surface area contributed by atoms with Gasteiger partial charge in [-0.05, 0) is 97.6 Å². The van der Waals surface area contributed by atoms with Gasteiger partial charge < -0.3 is 128 Å². The molecular weight excluding hydrogens is 1500 g/mol. The minimum absolute atomic E-state index is 0.122. The Morgan fingerprint density at radius 1 is 0.198 bits per heavy atom. The van der Waals surface area contributed by atoms with Crippen molar-refractivity contribution in [3.8, 4) is 34.5 Å². The molecule has 11 rings (SSSR count). The maximum Gasteiger partial charge on any atom is 0.123 e. The molecular formula is C89H116O27. The van der Waals surface area contributed by atoms with Crippen LogP contribution in [0.25, 0.3) is 0 Å². The lowest BCUT2D eigenvalue weighted by molar-refractivity contribution is -0.0921. The maximum absolute atomic E-state index is 10.6. The fourth-order valence-electron chi connectivity index (χ4n) is 12.1. The summed E-state index contributed by atoms with van der Waals surface area (Å²) in [7, 11) is 0. The van der Waals surface area contributed by atoms with Crippen LogP contribution in [-0.4, -0.2) is 241 Å². The molecule has 4 heterocycles. The zero-order valence-electron chi connectivity index (χ0n) is 66.7. The van der Waals surface area contributed by atoms with Crippen LogP contribution in [0.1, 0.15) is 61.2 Å². The second kappa shape index (κ2) is 54.6. The van der Waals surface area contributed by atoms with Crippen molar-refractivity contribution >= 4 is 0 Å². The fraction of sp³-hybridized carbons (Fsp3) is 0.528. The van der Waals surface area contributed by atoms with E-state index in [0.29, 0.717) is 278 Å². The van der Waals surface area contributed by atoms with Crippen molar-refractivity contribution in [3.05, 3.63) is 213 Å². The molecule has 4 unspecified atom stereocenters. The Morgan fingerprint density at radius 2 is 0.371 bits per heavy atom. The lowest BCUT2D eigenvalue weighted by Gasteiger charge is -2.19. The van der Waals surface area contributed by atoms with E-state index in [4.69, 9.17) is 123 Å². The van der Waals surface area contributed by atoms with Crippen LogP contribution in [0.3, 0.4) is 0 Å². The molecule has 7 aromatic rings. The summed E-state index contributed by atoms with van der Waals surface area (Å²) in [6, 6.07) is 49.3. The monoisotopic (exact) mass is 1620 g/mol. The fourth-order valence-corrected chi connectivity index (χ4v) is 12.1. The van der Waals surface area contributed by atoms with Crippen molar-refractivity contribution in [1.29, 1.82) is 0 Å². The molecule has 1 N–H and O–H groups in total. The molecule has 4 fully saturated rings. The van der Waals surface area contributed by atoms with E-state index in [0.717, 1.165) is 55.6 Å². The largest absolute Gasteiger partial charge is 0.489 e. The van der Waals surface area contributed by atoms with Gasteiger partial charge in [0.25, 0.3) is 0 Å². The van der Waals surface area contributed by atoms with Gasteiger partial charge in [0.1, 0.15) is 98.6 Å². The van der Waals surface area contributed by atoms with Crippen LogP contribution in [0.5, 0.6) is 34.5 Å². The molecule has 0 radical (unpaired) electrons. The van der Waals surface area contributed by atoms with E-state index in [-0.39, 0.29) is 70.7 Å². The van der Waals surface area contributed by atoms with E-state index in [9.17, 15) is 5.11 Å². The molecule has 116 heavy (non-hydrogen) atoms. The van der Waals surface area contributed by atoms with Gasteiger partial charge >= 0.3 is 0 Å². The Kier molecular flexibility index (Phi) is 42.0. The number of benzene rings is 7. The van der Waals surface area contributed by atoms with Gasteiger partial charge in [-0.3, -0.25) is 0 Å². The van der Waals surface area contributed by atoms with Crippen molar-refractivity contribution in [2.45, 2.75) is 97.1 Å². The van der Waals surface area contributed by atoms with Crippen LogP contribution in [0, 0.1) is 0 Å². The molecule has 0 saturated carbocycles. The van der Waals surface area contributed by atoms with Crippen LogP contribution >= 0.6 is 0 Å². The summed E-state index contributed by atoms with van der Waals surface area (Å²) in [6.07, 6.45) is -0.942. The first-order valence-electron chi connectivity index (χ1n) is 40.2. The van der Waals surface area contributed by atoms with Gasteiger partial charge in [-0.2, -0.15) is 0 Å². The normalized spacial score (nSPS) is 19.6. The highest BCUT2D eigenvalue weighted by atomic mass is 16.6. The highest BCUT2D eigenvalue weighted by molar-refractivity contribution is 5.43. The van der Waals surface area contributed by atoms with Gasteiger partial charge in [0, 0.05) is 18.2 Å². The zero-order valence-corrected chi connectivity index (χ0v) is 66.7. The third-order valence-corrected chi connectivity index (χ3v) is 18.3. The van der Waals surface area contributed by atoms with E-state index in [1.54, 1.807) is 18.2 Å². The van der Waals surface area contributed by atoms with Crippen LogP contribution in [0.2, 0.25) is 0 Å². The number of aliphatic hydroxyl groups excluding tert-OH is 1. The summed E-state index contributed by atoms with van der Waals surface area (Å²) in [6.45, 7) is 17.5. The van der Waals surface area contributed by atoms with Crippen LogP contribution < -0.4 is 28.4 Å². The number of rotatable bonds is 35. The van der Waals surface area contributed by atoms with Gasteiger partial charge in [-0.1, -0.05) is 97.1 Å². The van der Waals surface area contributed by atoms with Crippen molar-refractivity contribution in [3.63, 3.8) is 0 Å². The Bertz CT molecular complexity index is 3250. The Morgan fingerprint density at radius 3 is 0.578 bits per heavy atom. The summed E-state index contributed by atoms with van der Waals surface area (Å²) in [5.74, 6) is 3.27. The molecule has 4 aliphatic heterocycles. The molecule has 0 bridgehead atoms. The van der Waals surface area contributed by atoms with E-state index in [1.165, 1.54) is 0 Å². The Balaban J connectivity index is 0.729. The quantitative estimate of drug-likeness (QED) is 0.0387. The molecule has 0 amide bonds. The second-order valence-electron chi connectivity index (χ2n) is 27.8. The molecule has 4 saturated heterocycles.